The number of carboxylic acids is 1. The van der Waals surface area contributed by atoms with Crippen molar-refractivity contribution in [3.63, 3.8) is 0 Å². The SMILES string of the molecule is C[C@@H](O)[C@H](N)C(=O)N[C@@H](CCCN=C(N)N)C(=O)N1CCC[C@H]1C(=O)O. The van der Waals surface area contributed by atoms with Crippen LogP contribution in [0.5, 0.6) is 0 Å². The van der Waals surface area contributed by atoms with Gasteiger partial charge in [0.1, 0.15) is 18.1 Å². The van der Waals surface area contributed by atoms with E-state index in [2.05, 4.69) is 10.3 Å². The predicted molar refractivity (Wildman–Crippen MR) is 93.9 cm³/mol. The van der Waals surface area contributed by atoms with Crippen LogP contribution in [0, 0.1) is 0 Å². The molecule has 2 amide bonds. The summed E-state index contributed by atoms with van der Waals surface area (Å²) in [4.78, 5) is 41.3. The van der Waals surface area contributed by atoms with Gasteiger partial charge in [-0.1, -0.05) is 0 Å². The van der Waals surface area contributed by atoms with Crippen molar-refractivity contribution >= 4 is 23.7 Å². The van der Waals surface area contributed by atoms with Crippen LogP contribution < -0.4 is 22.5 Å². The van der Waals surface area contributed by atoms with Crippen molar-refractivity contribution in [1.82, 2.24) is 10.2 Å². The third-order valence-electron chi connectivity index (χ3n) is 4.20. The van der Waals surface area contributed by atoms with Gasteiger partial charge in [-0.05, 0) is 32.6 Å². The second kappa shape index (κ2) is 9.92. The first-order valence-electron chi connectivity index (χ1n) is 8.47. The Balaban J connectivity index is 2.84. The lowest BCUT2D eigenvalue weighted by atomic mass is 10.1. The third-order valence-corrected chi connectivity index (χ3v) is 4.20. The zero-order chi connectivity index (χ0) is 19.9. The van der Waals surface area contributed by atoms with Crippen LogP contribution >= 0.6 is 0 Å². The summed E-state index contributed by atoms with van der Waals surface area (Å²) in [5.74, 6) is -2.35. The van der Waals surface area contributed by atoms with Gasteiger partial charge in [0.15, 0.2) is 5.96 Å². The van der Waals surface area contributed by atoms with E-state index < -0.39 is 42.0 Å². The van der Waals surface area contributed by atoms with E-state index >= 15 is 0 Å². The predicted octanol–water partition coefficient (Wildman–Crippen LogP) is -2.69. The monoisotopic (exact) mass is 372 g/mol. The number of nitrogens with zero attached hydrogens (tertiary/aromatic N) is 2. The summed E-state index contributed by atoms with van der Waals surface area (Å²) >= 11 is 0. The fraction of sp³-hybridized carbons (Fsp3) is 0.733. The number of carboxylic acid groups (broad SMARTS) is 1. The molecule has 0 radical (unpaired) electrons. The first kappa shape index (κ1) is 21.6. The molecule has 0 spiro atoms. The van der Waals surface area contributed by atoms with Crippen molar-refractivity contribution in [2.45, 2.75) is 56.8 Å². The van der Waals surface area contributed by atoms with Crippen molar-refractivity contribution in [2.75, 3.05) is 13.1 Å². The molecule has 0 unspecified atom stereocenters. The number of hydrogen-bond acceptors (Lipinski definition) is 6. The Bertz CT molecular complexity index is 549. The maximum Gasteiger partial charge on any atom is 0.326 e. The average molecular weight is 372 g/mol. The molecule has 11 nitrogen and oxygen atoms in total. The normalized spacial score (nSPS) is 20.1. The van der Waals surface area contributed by atoms with E-state index in [0.717, 1.165) is 0 Å². The number of carbonyl (C=O) groups is 3. The minimum absolute atomic E-state index is 0.0847. The molecule has 1 saturated heterocycles. The molecule has 1 heterocycles. The number of aliphatic hydroxyl groups is 1. The Hall–Kier alpha value is -2.40. The zero-order valence-electron chi connectivity index (χ0n) is 14.8. The van der Waals surface area contributed by atoms with E-state index in [1.165, 1.54) is 11.8 Å². The van der Waals surface area contributed by atoms with Crippen LogP contribution in [0.1, 0.15) is 32.6 Å². The lowest BCUT2D eigenvalue weighted by Gasteiger charge is -2.28. The van der Waals surface area contributed by atoms with Crippen LogP contribution in [0.15, 0.2) is 4.99 Å². The summed E-state index contributed by atoms with van der Waals surface area (Å²) in [5, 5.41) is 21.2. The molecular formula is C15H28N6O5. The molecule has 1 aliphatic heterocycles. The van der Waals surface area contributed by atoms with Gasteiger partial charge < -0.3 is 37.6 Å². The largest absolute Gasteiger partial charge is 0.480 e. The van der Waals surface area contributed by atoms with E-state index in [0.29, 0.717) is 25.8 Å². The number of aliphatic imine (C=N–C) groups is 1. The van der Waals surface area contributed by atoms with Gasteiger partial charge in [-0.25, -0.2) is 4.79 Å². The van der Waals surface area contributed by atoms with Crippen LogP contribution in [0.3, 0.4) is 0 Å². The van der Waals surface area contributed by atoms with Gasteiger partial charge in [0, 0.05) is 13.1 Å². The second-order valence-corrected chi connectivity index (χ2v) is 6.30. The molecule has 11 heteroatoms. The molecular weight excluding hydrogens is 344 g/mol. The number of carbonyl (C=O) groups excluding carboxylic acids is 2. The number of guanidine groups is 1. The Labute approximate surface area is 151 Å². The summed E-state index contributed by atoms with van der Waals surface area (Å²) in [6.45, 7) is 1.92. The molecule has 26 heavy (non-hydrogen) atoms. The van der Waals surface area contributed by atoms with Crippen molar-refractivity contribution in [1.29, 1.82) is 0 Å². The Morgan fingerprint density at radius 1 is 1.35 bits per heavy atom. The maximum absolute atomic E-state index is 12.8. The lowest BCUT2D eigenvalue weighted by Crippen LogP contribution is -2.56. The van der Waals surface area contributed by atoms with Crippen molar-refractivity contribution in [2.24, 2.45) is 22.2 Å². The van der Waals surface area contributed by atoms with Crippen molar-refractivity contribution in [3.05, 3.63) is 0 Å². The van der Waals surface area contributed by atoms with Crippen LogP contribution in [-0.4, -0.2) is 76.2 Å². The molecule has 0 aromatic rings. The molecule has 9 N–H and O–H groups in total. The molecule has 1 aliphatic rings. The number of nitrogens with two attached hydrogens (primary N) is 3. The summed E-state index contributed by atoms with van der Waals surface area (Å²) in [5.41, 5.74) is 16.1. The number of amides is 2. The van der Waals surface area contributed by atoms with Gasteiger partial charge >= 0.3 is 5.97 Å². The Kier molecular flexibility index (Phi) is 8.26. The van der Waals surface area contributed by atoms with Gasteiger partial charge in [-0.15, -0.1) is 0 Å². The van der Waals surface area contributed by atoms with Gasteiger partial charge in [-0.3, -0.25) is 14.6 Å². The van der Waals surface area contributed by atoms with Crippen LogP contribution in [0.2, 0.25) is 0 Å². The van der Waals surface area contributed by atoms with Gasteiger partial charge in [0.2, 0.25) is 11.8 Å². The van der Waals surface area contributed by atoms with E-state index in [9.17, 15) is 24.6 Å². The molecule has 4 atom stereocenters. The first-order valence-corrected chi connectivity index (χ1v) is 8.47. The topological polar surface area (TPSA) is 197 Å². The molecule has 0 aromatic carbocycles. The highest BCUT2D eigenvalue weighted by atomic mass is 16.4. The number of likely N-dealkylation sites (tertiary alicyclic amines) is 1. The zero-order valence-corrected chi connectivity index (χ0v) is 14.8. The summed E-state index contributed by atoms with van der Waals surface area (Å²) in [6.07, 6.45) is 0.444. The van der Waals surface area contributed by atoms with Gasteiger partial charge in [0.25, 0.3) is 0 Å². The van der Waals surface area contributed by atoms with Crippen LogP contribution in [-0.2, 0) is 14.4 Å². The summed E-state index contributed by atoms with van der Waals surface area (Å²) < 4.78 is 0. The van der Waals surface area contributed by atoms with Gasteiger partial charge in [0.05, 0.1) is 6.10 Å². The molecule has 148 valence electrons. The van der Waals surface area contributed by atoms with E-state index in [-0.39, 0.29) is 18.9 Å². The minimum atomic E-state index is -1.20. The number of aliphatic hydroxyl groups excluding tert-OH is 1. The molecule has 0 bridgehead atoms. The number of nitrogens with one attached hydrogen (secondary N) is 1. The molecule has 0 aromatic heterocycles. The minimum Gasteiger partial charge on any atom is -0.480 e. The van der Waals surface area contributed by atoms with E-state index in [1.54, 1.807) is 0 Å². The molecule has 0 saturated carbocycles. The van der Waals surface area contributed by atoms with Gasteiger partial charge in [-0.2, -0.15) is 0 Å². The van der Waals surface area contributed by atoms with Crippen LogP contribution in [0.25, 0.3) is 0 Å². The van der Waals surface area contributed by atoms with Crippen LogP contribution in [0.4, 0.5) is 0 Å². The Morgan fingerprint density at radius 2 is 2.00 bits per heavy atom. The van der Waals surface area contributed by atoms with Crippen molar-refractivity contribution < 1.29 is 24.6 Å². The lowest BCUT2D eigenvalue weighted by molar-refractivity contribution is -0.149. The molecule has 1 rings (SSSR count). The first-order chi connectivity index (χ1) is 12.1. The van der Waals surface area contributed by atoms with Crippen molar-refractivity contribution in [3.8, 4) is 0 Å². The molecule has 1 fully saturated rings. The standard InChI is InChI=1S/C15H28N6O5/c1-8(22)11(16)12(23)20-9(4-2-6-19-15(17)18)13(24)21-7-3-5-10(21)14(25)26/h8-11,22H,2-7,16H2,1H3,(H,20,23)(H,25,26)(H4,17,18,19)/t8-,9+,10+,11+/m1/s1. The number of aliphatic carboxylic acids is 1. The smallest absolute Gasteiger partial charge is 0.326 e. The molecule has 0 aliphatic carbocycles. The second-order valence-electron chi connectivity index (χ2n) is 6.30. The highest BCUT2D eigenvalue weighted by molar-refractivity contribution is 5.92. The fourth-order valence-corrected chi connectivity index (χ4v) is 2.74. The summed E-state index contributed by atoms with van der Waals surface area (Å²) in [7, 11) is 0. The fourth-order valence-electron chi connectivity index (χ4n) is 2.74. The summed E-state index contributed by atoms with van der Waals surface area (Å²) in [6, 6.07) is -3.08. The van der Waals surface area contributed by atoms with E-state index in [1.807, 2.05) is 0 Å². The number of hydrogen-bond donors (Lipinski definition) is 6. The Morgan fingerprint density at radius 3 is 2.54 bits per heavy atom. The number of rotatable bonds is 9. The quantitative estimate of drug-likeness (QED) is 0.143. The maximum atomic E-state index is 12.8. The average Bonchev–Trinajstić information content (AvgIpc) is 3.05. The highest BCUT2D eigenvalue weighted by Crippen LogP contribution is 2.19. The third kappa shape index (κ3) is 6.15. The highest BCUT2D eigenvalue weighted by Gasteiger charge is 2.38. The van der Waals surface area contributed by atoms with E-state index in [4.69, 9.17) is 17.2 Å².